The number of anilines is 1. The first kappa shape index (κ1) is 16.8. The molecular weight excluding hydrogens is 322 g/mol. The molecular formula is C19H19NO5. The van der Waals surface area contributed by atoms with Crippen LogP contribution in [0.3, 0.4) is 0 Å². The second kappa shape index (κ2) is 7.25. The Labute approximate surface area is 145 Å². The van der Waals surface area contributed by atoms with E-state index in [4.69, 9.17) is 4.74 Å². The predicted octanol–water partition coefficient (Wildman–Crippen LogP) is 3.17. The van der Waals surface area contributed by atoms with Crippen LogP contribution < -0.4 is 10.1 Å². The van der Waals surface area contributed by atoms with Crippen LogP contribution in [0.15, 0.2) is 36.4 Å². The summed E-state index contributed by atoms with van der Waals surface area (Å²) in [6.45, 7) is 0. The first-order valence-corrected chi connectivity index (χ1v) is 8.05. The Morgan fingerprint density at radius 2 is 1.80 bits per heavy atom. The Balaban J connectivity index is 1.67. The summed E-state index contributed by atoms with van der Waals surface area (Å²) < 4.78 is 10.4. The second-order valence-electron chi connectivity index (χ2n) is 5.82. The highest BCUT2D eigenvalue weighted by Crippen LogP contribution is 2.38. The number of fused-ring (bicyclic) bond motifs is 1. The van der Waals surface area contributed by atoms with Crippen LogP contribution >= 0.6 is 0 Å². The molecule has 0 aliphatic heterocycles. The Kier molecular flexibility index (Phi) is 4.88. The number of hydrogen-bond acceptors (Lipinski definition) is 5. The quantitative estimate of drug-likeness (QED) is 0.644. The van der Waals surface area contributed by atoms with E-state index in [-0.39, 0.29) is 6.42 Å². The lowest BCUT2D eigenvalue weighted by atomic mass is 10.1. The minimum atomic E-state index is -0.585. The van der Waals surface area contributed by atoms with Crippen molar-refractivity contribution in [2.24, 2.45) is 0 Å². The largest absolute Gasteiger partial charge is 0.508 e. The zero-order valence-electron chi connectivity index (χ0n) is 13.9. The van der Waals surface area contributed by atoms with E-state index in [1.165, 1.54) is 7.11 Å². The predicted molar refractivity (Wildman–Crippen MR) is 91.9 cm³/mol. The summed E-state index contributed by atoms with van der Waals surface area (Å²) in [5.41, 5.74) is 2.58. The van der Waals surface area contributed by atoms with Crippen molar-refractivity contribution in [1.82, 2.24) is 0 Å². The number of carbonyl (C=O) groups excluding carboxylic acids is 2. The number of phenols is 1. The van der Waals surface area contributed by atoms with Crippen molar-refractivity contribution in [2.75, 3.05) is 12.4 Å². The van der Waals surface area contributed by atoms with Crippen molar-refractivity contribution in [3.05, 3.63) is 47.5 Å². The van der Waals surface area contributed by atoms with Crippen molar-refractivity contribution in [1.29, 1.82) is 0 Å². The number of amides is 1. The van der Waals surface area contributed by atoms with Crippen molar-refractivity contribution >= 4 is 17.6 Å². The first-order valence-electron chi connectivity index (χ1n) is 8.05. The van der Waals surface area contributed by atoms with Crippen molar-refractivity contribution in [3.63, 3.8) is 0 Å². The number of hydrogen-bond donors (Lipinski definition) is 2. The van der Waals surface area contributed by atoms with Gasteiger partial charge in [0.2, 0.25) is 5.91 Å². The third-order valence-electron chi connectivity index (χ3n) is 4.12. The Hall–Kier alpha value is -3.02. The van der Waals surface area contributed by atoms with Gasteiger partial charge in [-0.1, -0.05) is 0 Å². The van der Waals surface area contributed by atoms with Gasteiger partial charge in [-0.15, -0.1) is 0 Å². The summed E-state index contributed by atoms with van der Waals surface area (Å²) >= 11 is 0. The summed E-state index contributed by atoms with van der Waals surface area (Å²) in [7, 11) is 1.24. The van der Waals surface area contributed by atoms with E-state index in [2.05, 4.69) is 10.1 Å². The van der Waals surface area contributed by atoms with Crippen LogP contribution in [0.1, 0.15) is 24.0 Å². The number of esters is 1. The number of ether oxygens (including phenoxy) is 2. The molecule has 0 radical (unpaired) electrons. The van der Waals surface area contributed by atoms with Gasteiger partial charge in [0.15, 0.2) is 0 Å². The van der Waals surface area contributed by atoms with Crippen LogP contribution in [0, 0.1) is 0 Å². The fourth-order valence-corrected chi connectivity index (χ4v) is 2.89. The standard InChI is InChI=1S/C19H19NO5/c1-24-19(23)11-18(22)20-12-5-7-13(8-6-12)25-17-10-9-16(21)14-3-2-4-15(14)17/h5-10,21H,2-4,11H2,1H3,(H,20,22). The average molecular weight is 341 g/mol. The molecule has 1 amide bonds. The molecule has 0 saturated carbocycles. The highest BCUT2D eigenvalue weighted by molar-refractivity contribution is 6.01. The summed E-state index contributed by atoms with van der Waals surface area (Å²) in [4.78, 5) is 22.7. The van der Waals surface area contributed by atoms with Crippen LogP contribution in [0.25, 0.3) is 0 Å². The van der Waals surface area contributed by atoms with Crippen LogP contribution in [0.5, 0.6) is 17.2 Å². The molecule has 0 aromatic heterocycles. The van der Waals surface area contributed by atoms with Crippen LogP contribution in [0.4, 0.5) is 5.69 Å². The highest BCUT2D eigenvalue weighted by Gasteiger charge is 2.19. The zero-order chi connectivity index (χ0) is 17.8. The van der Waals surface area contributed by atoms with Gasteiger partial charge in [-0.2, -0.15) is 0 Å². The Morgan fingerprint density at radius 3 is 2.52 bits per heavy atom. The molecule has 2 aromatic rings. The van der Waals surface area contributed by atoms with Crippen molar-refractivity contribution in [2.45, 2.75) is 25.7 Å². The third kappa shape index (κ3) is 3.91. The molecule has 0 unspecified atom stereocenters. The lowest BCUT2D eigenvalue weighted by molar-refractivity contribution is -0.142. The highest BCUT2D eigenvalue weighted by atomic mass is 16.5. The monoisotopic (exact) mass is 341 g/mol. The number of aromatic hydroxyl groups is 1. The second-order valence-corrected chi connectivity index (χ2v) is 5.82. The molecule has 0 bridgehead atoms. The molecule has 2 aromatic carbocycles. The topological polar surface area (TPSA) is 84.9 Å². The Morgan fingerprint density at radius 1 is 1.08 bits per heavy atom. The Bertz CT molecular complexity index is 798. The molecule has 130 valence electrons. The molecule has 0 fully saturated rings. The number of carbonyl (C=O) groups is 2. The molecule has 1 aliphatic carbocycles. The lowest BCUT2D eigenvalue weighted by Gasteiger charge is -2.12. The van der Waals surface area contributed by atoms with Gasteiger partial charge >= 0.3 is 5.97 Å². The summed E-state index contributed by atoms with van der Waals surface area (Å²) in [6.07, 6.45) is 2.44. The van der Waals surface area contributed by atoms with E-state index in [9.17, 15) is 14.7 Å². The molecule has 3 rings (SSSR count). The molecule has 25 heavy (non-hydrogen) atoms. The number of rotatable bonds is 5. The fraction of sp³-hybridized carbons (Fsp3) is 0.263. The van der Waals surface area contributed by atoms with Gasteiger partial charge in [0, 0.05) is 16.8 Å². The molecule has 2 N–H and O–H groups in total. The van der Waals surface area contributed by atoms with Gasteiger partial charge < -0.3 is 19.9 Å². The average Bonchev–Trinajstić information content (AvgIpc) is 3.10. The van der Waals surface area contributed by atoms with E-state index in [0.717, 1.165) is 36.1 Å². The van der Waals surface area contributed by atoms with E-state index in [0.29, 0.717) is 17.2 Å². The van der Waals surface area contributed by atoms with E-state index >= 15 is 0 Å². The van der Waals surface area contributed by atoms with Gasteiger partial charge in [0.05, 0.1) is 7.11 Å². The van der Waals surface area contributed by atoms with E-state index in [1.54, 1.807) is 36.4 Å². The van der Waals surface area contributed by atoms with E-state index < -0.39 is 11.9 Å². The maximum atomic E-state index is 11.7. The molecule has 0 atom stereocenters. The van der Waals surface area contributed by atoms with Gasteiger partial charge in [-0.25, -0.2) is 0 Å². The molecule has 6 heteroatoms. The summed E-state index contributed by atoms with van der Waals surface area (Å²) in [6, 6.07) is 10.3. The molecule has 1 aliphatic rings. The smallest absolute Gasteiger partial charge is 0.315 e. The van der Waals surface area contributed by atoms with Gasteiger partial charge in [-0.05, 0) is 55.7 Å². The van der Waals surface area contributed by atoms with Crippen LogP contribution in [-0.4, -0.2) is 24.1 Å². The molecule has 0 spiro atoms. The minimum Gasteiger partial charge on any atom is -0.508 e. The molecule has 0 heterocycles. The van der Waals surface area contributed by atoms with Crippen LogP contribution in [-0.2, 0) is 27.2 Å². The summed E-state index contributed by atoms with van der Waals surface area (Å²) in [5.74, 6) is 0.678. The lowest BCUT2D eigenvalue weighted by Crippen LogP contribution is -2.17. The first-order chi connectivity index (χ1) is 12.1. The summed E-state index contributed by atoms with van der Waals surface area (Å²) in [5, 5.41) is 12.5. The SMILES string of the molecule is COC(=O)CC(=O)Nc1ccc(Oc2ccc(O)c3c2CCC3)cc1. The molecule has 6 nitrogen and oxygen atoms in total. The maximum absolute atomic E-state index is 11.7. The number of nitrogens with one attached hydrogen (secondary N) is 1. The maximum Gasteiger partial charge on any atom is 0.315 e. The van der Waals surface area contributed by atoms with E-state index in [1.807, 2.05) is 0 Å². The fourth-order valence-electron chi connectivity index (χ4n) is 2.89. The van der Waals surface area contributed by atoms with Crippen LogP contribution in [0.2, 0.25) is 0 Å². The van der Waals surface area contributed by atoms with Gasteiger partial charge in [0.1, 0.15) is 23.7 Å². The van der Waals surface area contributed by atoms with Gasteiger partial charge in [-0.3, -0.25) is 9.59 Å². The third-order valence-corrected chi connectivity index (χ3v) is 4.12. The number of methoxy groups -OCH3 is 1. The van der Waals surface area contributed by atoms with Crippen molar-refractivity contribution in [3.8, 4) is 17.2 Å². The van der Waals surface area contributed by atoms with Crippen molar-refractivity contribution < 1.29 is 24.2 Å². The zero-order valence-corrected chi connectivity index (χ0v) is 13.9. The van der Waals surface area contributed by atoms with Gasteiger partial charge in [0.25, 0.3) is 0 Å². The number of benzene rings is 2. The molecule has 0 saturated heterocycles. The number of phenolic OH excluding ortho intramolecular Hbond substituents is 1. The normalized spacial score (nSPS) is 12.4. The minimum absolute atomic E-state index is 0.323.